The van der Waals surface area contributed by atoms with E-state index in [0.29, 0.717) is 18.0 Å². The van der Waals surface area contributed by atoms with Crippen LogP contribution in [0.5, 0.6) is 5.75 Å². The Kier molecular flexibility index (Phi) is 5.17. The molecule has 0 saturated heterocycles. The van der Waals surface area contributed by atoms with Crippen LogP contribution in [0.1, 0.15) is 56.9 Å². The van der Waals surface area contributed by atoms with Crippen LogP contribution < -0.4 is 10.1 Å². The molecule has 0 atom stereocenters. The third kappa shape index (κ3) is 4.17. The fourth-order valence-electron chi connectivity index (χ4n) is 4.58. The summed E-state index contributed by atoms with van der Waals surface area (Å²) in [4.78, 5) is 12.2. The molecule has 0 radical (unpaired) electrons. The van der Waals surface area contributed by atoms with E-state index >= 15 is 0 Å². The molecule has 0 aliphatic heterocycles. The number of halogens is 3. The van der Waals surface area contributed by atoms with Crippen molar-refractivity contribution in [2.24, 2.45) is 5.41 Å². The van der Waals surface area contributed by atoms with Gasteiger partial charge >= 0.3 is 12.0 Å². The molecule has 2 aromatic rings. The van der Waals surface area contributed by atoms with Gasteiger partial charge < -0.3 is 14.6 Å². The summed E-state index contributed by atoms with van der Waals surface area (Å²) in [6, 6.07) is 8.55. The maximum absolute atomic E-state index is 13.5. The number of amides is 1. The van der Waals surface area contributed by atoms with Gasteiger partial charge in [-0.2, -0.15) is 8.78 Å². The number of rotatable bonds is 5. The Hall–Kier alpha value is -1.96. The topological polar surface area (TPSA) is 64.4 Å². The highest BCUT2D eigenvalue weighted by atomic mass is 79.9. The minimum atomic E-state index is -3.02. The van der Waals surface area contributed by atoms with Gasteiger partial charge in [-0.3, -0.25) is 0 Å². The quantitative estimate of drug-likeness (QED) is 0.590. The second-order valence-corrected chi connectivity index (χ2v) is 9.36. The zero-order valence-electron chi connectivity index (χ0n) is 16.1. The minimum absolute atomic E-state index is 0.0271. The first-order valence-corrected chi connectivity index (χ1v) is 10.6. The molecule has 3 fully saturated rings. The largest absolute Gasteiger partial charge is 0.412 e. The van der Waals surface area contributed by atoms with Crippen LogP contribution in [0.15, 0.2) is 39.3 Å². The highest BCUT2D eigenvalue weighted by molar-refractivity contribution is 9.10. The number of nitrogens with one attached hydrogen (secondary N) is 1. The van der Waals surface area contributed by atoms with Gasteiger partial charge in [0.15, 0.2) is 0 Å². The Morgan fingerprint density at radius 1 is 1.24 bits per heavy atom. The molecule has 0 spiro atoms. The van der Waals surface area contributed by atoms with Crippen LogP contribution in [0.3, 0.4) is 0 Å². The van der Waals surface area contributed by atoms with E-state index in [4.69, 9.17) is 9.26 Å². The van der Waals surface area contributed by atoms with Crippen molar-refractivity contribution in [1.82, 2.24) is 10.5 Å². The first-order chi connectivity index (χ1) is 13.7. The molecule has 0 unspecified atom stereocenters. The van der Waals surface area contributed by atoms with Gasteiger partial charge in [0.1, 0.15) is 5.75 Å². The average molecular weight is 469 g/mol. The van der Waals surface area contributed by atoms with Crippen molar-refractivity contribution in [2.45, 2.75) is 56.8 Å². The Balaban J connectivity index is 1.35. The number of carbonyl (C=O) groups excluding carboxylic acids is 1. The molecule has 3 aliphatic rings. The second-order valence-electron chi connectivity index (χ2n) is 8.45. The van der Waals surface area contributed by atoms with E-state index in [1.165, 1.54) is 6.07 Å². The molecular formula is C21H23BrF2N2O3. The van der Waals surface area contributed by atoms with Crippen molar-refractivity contribution in [3.05, 3.63) is 46.3 Å². The van der Waals surface area contributed by atoms with Crippen molar-refractivity contribution in [3.63, 3.8) is 0 Å². The first kappa shape index (κ1) is 20.3. The van der Waals surface area contributed by atoms with Crippen molar-refractivity contribution in [1.29, 1.82) is 0 Å². The fraction of sp³-hybridized carbons (Fsp3) is 0.524. The molecule has 5 rings (SSSR count). The lowest BCUT2D eigenvalue weighted by atomic mass is 9.53. The summed E-state index contributed by atoms with van der Waals surface area (Å²) in [6.07, 6.45) is 4.84. The van der Waals surface area contributed by atoms with E-state index in [2.05, 4.69) is 26.4 Å². The van der Waals surface area contributed by atoms with Crippen molar-refractivity contribution < 1.29 is 22.8 Å². The second kappa shape index (κ2) is 7.38. The number of alkyl halides is 2. The van der Waals surface area contributed by atoms with Crippen LogP contribution in [0, 0.1) is 5.41 Å². The Morgan fingerprint density at radius 3 is 2.52 bits per heavy atom. The van der Waals surface area contributed by atoms with Gasteiger partial charge in [-0.1, -0.05) is 27.2 Å². The number of ether oxygens (including phenoxy) is 1. The van der Waals surface area contributed by atoms with Crippen LogP contribution in [0.2, 0.25) is 0 Å². The summed E-state index contributed by atoms with van der Waals surface area (Å²) in [6.45, 7) is 1.37. The maximum atomic E-state index is 13.5. The molecule has 1 aromatic heterocycles. The lowest BCUT2D eigenvalue weighted by molar-refractivity contribution is -0.0108. The van der Waals surface area contributed by atoms with Gasteiger partial charge in [-0.25, -0.2) is 4.79 Å². The van der Waals surface area contributed by atoms with Crippen molar-refractivity contribution in [3.8, 4) is 5.75 Å². The van der Waals surface area contributed by atoms with Gasteiger partial charge in [0.25, 0.3) is 0 Å². The molecule has 29 heavy (non-hydrogen) atoms. The maximum Gasteiger partial charge on any atom is 0.412 e. The molecule has 3 aliphatic carbocycles. The molecule has 1 amide bonds. The Bertz CT molecular complexity index is 885. The molecule has 8 heteroatoms. The molecule has 1 aromatic carbocycles. The summed E-state index contributed by atoms with van der Waals surface area (Å²) in [7, 11) is 0. The van der Waals surface area contributed by atoms with Gasteiger partial charge in [0.05, 0.1) is 5.69 Å². The van der Waals surface area contributed by atoms with Gasteiger partial charge in [0.2, 0.25) is 5.76 Å². The SMILES string of the molecule is CC(F)(F)c1cc(C23CCC(CNC(=O)Oc4cccc(Br)c4)(CC2)CC3)no1. The zero-order chi connectivity index (χ0) is 20.7. The smallest absolute Gasteiger partial charge is 0.410 e. The van der Waals surface area contributed by atoms with E-state index in [0.717, 1.165) is 49.9 Å². The molecule has 3 saturated carbocycles. The third-order valence-corrected chi connectivity index (χ3v) is 7.00. The summed E-state index contributed by atoms with van der Waals surface area (Å²) in [5, 5.41) is 6.88. The van der Waals surface area contributed by atoms with Crippen LogP contribution in [0.25, 0.3) is 0 Å². The first-order valence-electron chi connectivity index (χ1n) is 9.77. The average Bonchev–Trinajstić information content (AvgIpc) is 3.20. The van der Waals surface area contributed by atoms with Crippen LogP contribution >= 0.6 is 15.9 Å². The standard InChI is InChI=1S/C21H23BrF2N2O3/c1-19(23,24)17-12-16(26-29-17)21-8-5-20(6-9-21,7-10-21)13-25-18(27)28-15-4-2-3-14(22)11-15/h2-4,11-12H,5-10,13H2,1H3,(H,25,27). The van der Waals surface area contributed by atoms with Gasteiger partial charge in [-0.15, -0.1) is 0 Å². The monoisotopic (exact) mass is 468 g/mol. The number of hydrogen-bond donors (Lipinski definition) is 1. The number of hydrogen-bond acceptors (Lipinski definition) is 4. The molecule has 156 valence electrons. The van der Waals surface area contributed by atoms with Crippen LogP contribution in [-0.2, 0) is 11.3 Å². The van der Waals surface area contributed by atoms with Gasteiger partial charge in [0, 0.05) is 29.4 Å². The lowest BCUT2D eigenvalue weighted by Gasteiger charge is -2.52. The van der Waals surface area contributed by atoms with E-state index in [-0.39, 0.29) is 16.6 Å². The van der Waals surface area contributed by atoms with E-state index in [1.54, 1.807) is 18.2 Å². The number of benzene rings is 1. The zero-order valence-corrected chi connectivity index (χ0v) is 17.7. The summed E-state index contributed by atoms with van der Waals surface area (Å²) >= 11 is 3.35. The molecule has 1 N–H and O–H groups in total. The summed E-state index contributed by atoms with van der Waals surface area (Å²) in [5.74, 6) is -2.91. The van der Waals surface area contributed by atoms with Crippen LogP contribution in [0.4, 0.5) is 13.6 Å². The fourth-order valence-corrected chi connectivity index (χ4v) is 4.96. The lowest BCUT2D eigenvalue weighted by Crippen LogP contribution is -2.49. The highest BCUT2D eigenvalue weighted by Crippen LogP contribution is 2.57. The van der Waals surface area contributed by atoms with Crippen molar-refractivity contribution in [2.75, 3.05) is 6.54 Å². The number of nitrogens with zero attached hydrogens (tertiary/aromatic N) is 1. The Morgan fingerprint density at radius 2 is 1.93 bits per heavy atom. The highest BCUT2D eigenvalue weighted by Gasteiger charge is 2.51. The third-order valence-electron chi connectivity index (χ3n) is 6.50. The Labute approximate surface area is 176 Å². The number of aromatic nitrogens is 1. The number of fused-ring (bicyclic) bond motifs is 3. The van der Waals surface area contributed by atoms with Crippen LogP contribution in [-0.4, -0.2) is 17.8 Å². The van der Waals surface area contributed by atoms with Crippen molar-refractivity contribution >= 4 is 22.0 Å². The minimum Gasteiger partial charge on any atom is -0.410 e. The molecule has 1 heterocycles. The summed E-state index contributed by atoms with van der Waals surface area (Å²) in [5.41, 5.74) is 0.481. The normalized spacial score (nSPS) is 26.3. The summed E-state index contributed by atoms with van der Waals surface area (Å²) < 4.78 is 38.1. The molecular weight excluding hydrogens is 446 g/mol. The van der Waals surface area contributed by atoms with E-state index < -0.39 is 12.0 Å². The predicted molar refractivity (Wildman–Crippen MR) is 106 cm³/mol. The molecule has 5 nitrogen and oxygen atoms in total. The van der Waals surface area contributed by atoms with Gasteiger partial charge in [-0.05, 0) is 62.1 Å². The molecule has 2 bridgehead atoms. The van der Waals surface area contributed by atoms with E-state index in [1.807, 2.05) is 6.07 Å². The van der Waals surface area contributed by atoms with E-state index in [9.17, 15) is 13.6 Å². The number of carbonyl (C=O) groups is 1. The predicted octanol–water partition coefficient (Wildman–Crippen LogP) is 5.93.